The average Bonchev–Trinajstić information content (AvgIpc) is 2.48. The van der Waals surface area contributed by atoms with Gasteiger partial charge in [-0.05, 0) is 23.8 Å². The van der Waals surface area contributed by atoms with E-state index in [4.69, 9.17) is 11.6 Å². The topological polar surface area (TPSA) is 49.4 Å². The summed E-state index contributed by atoms with van der Waals surface area (Å²) in [5.41, 5.74) is 1.14. The second kappa shape index (κ2) is 3.98. The number of halogens is 1. The molecule has 1 aliphatic heterocycles. The van der Waals surface area contributed by atoms with Crippen molar-refractivity contribution in [3.8, 4) is 0 Å². The van der Waals surface area contributed by atoms with Crippen LogP contribution >= 0.6 is 11.6 Å². The lowest BCUT2D eigenvalue weighted by Crippen LogP contribution is -2.24. The number of nitrogens with one attached hydrogen (secondary N) is 1. The lowest BCUT2D eigenvalue weighted by atomic mass is 10.2. The van der Waals surface area contributed by atoms with Gasteiger partial charge in [-0.3, -0.25) is 15.0 Å². The number of carbonyl (C=O) groups excluding carboxylic acids is 2. The summed E-state index contributed by atoms with van der Waals surface area (Å²) in [4.78, 5) is 23.8. The Morgan fingerprint density at radius 1 is 1.25 bits per heavy atom. The van der Waals surface area contributed by atoms with Gasteiger partial charge >= 0.3 is 6.03 Å². The molecule has 0 aromatic heterocycles. The Bertz CT molecular complexity index is 479. The Morgan fingerprint density at radius 2 is 1.88 bits per heavy atom. The number of benzene rings is 1. The van der Waals surface area contributed by atoms with E-state index in [1.165, 1.54) is 4.90 Å². The minimum absolute atomic E-state index is 0.326. The van der Waals surface area contributed by atoms with Crippen molar-refractivity contribution in [2.24, 2.45) is 0 Å². The molecule has 0 aliphatic carbocycles. The molecular weight excluding hydrogens is 228 g/mol. The largest absolute Gasteiger partial charge is 0.328 e. The normalized spacial score (nSPS) is 18.1. The number of carbonyl (C=O) groups is 2. The maximum Gasteiger partial charge on any atom is 0.328 e. The minimum Gasteiger partial charge on any atom is -0.292 e. The van der Waals surface area contributed by atoms with Gasteiger partial charge in [0.15, 0.2) is 0 Å². The van der Waals surface area contributed by atoms with Gasteiger partial charge in [0, 0.05) is 12.1 Å². The van der Waals surface area contributed by atoms with E-state index in [0.717, 1.165) is 5.56 Å². The van der Waals surface area contributed by atoms with Crippen molar-refractivity contribution in [3.05, 3.63) is 40.5 Å². The molecule has 0 saturated carbocycles. The second-order valence-corrected chi connectivity index (χ2v) is 3.84. The van der Waals surface area contributed by atoms with Crippen LogP contribution < -0.4 is 5.32 Å². The molecule has 0 unspecified atom stereocenters. The zero-order valence-corrected chi connectivity index (χ0v) is 9.28. The smallest absolute Gasteiger partial charge is 0.292 e. The molecule has 4 nitrogen and oxygen atoms in total. The van der Waals surface area contributed by atoms with E-state index in [1.807, 2.05) is 0 Å². The Balaban J connectivity index is 2.34. The van der Waals surface area contributed by atoms with Crippen LogP contribution in [-0.2, 0) is 4.79 Å². The number of amides is 3. The van der Waals surface area contributed by atoms with Crippen LogP contribution in [0, 0.1) is 0 Å². The van der Waals surface area contributed by atoms with E-state index < -0.39 is 6.03 Å². The van der Waals surface area contributed by atoms with Crippen LogP contribution in [0.3, 0.4) is 0 Å². The van der Waals surface area contributed by atoms with Gasteiger partial charge < -0.3 is 0 Å². The summed E-state index contributed by atoms with van der Waals surface area (Å²) in [5, 5.41) is 2.83. The van der Waals surface area contributed by atoms with Crippen LogP contribution in [-0.4, -0.2) is 23.9 Å². The minimum atomic E-state index is -0.412. The van der Waals surface area contributed by atoms with Crippen LogP contribution in [0.1, 0.15) is 5.56 Å². The molecule has 1 N–H and O–H groups in total. The summed E-state index contributed by atoms with van der Waals surface area (Å²) in [6, 6.07) is 6.59. The first-order valence-electron chi connectivity index (χ1n) is 4.64. The monoisotopic (exact) mass is 236 g/mol. The van der Waals surface area contributed by atoms with E-state index in [2.05, 4.69) is 5.32 Å². The first kappa shape index (κ1) is 10.7. The molecule has 16 heavy (non-hydrogen) atoms. The molecule has 1 saturated heterocycles. The molecule has 5 heteroatoms. The molecular formula is C11H9ClN2O2. The van der Waals surface area contributed by atoms with Crippen molar-refractivity contribution in [2.45, 2.75) is 0 Å². The molecule has 0 spiro atoms. The van der Waals surface area contributed by atoms with Gasteiger partial charge in [0.25, 0.3) is 5.91 Å². The van der Waals surface area contributed by atoms with Crippen molar-refractivity contribution in [1.29, 1.82) is 0 Å². The molecule has 0 atom stereocenters. The number of likely N-dealkylation sites (N-methyl/N-ethyl adjacent to an activating group) is 1. The van der Waals surface area contributed by atoms with Crippen molar-refractivity contribution in [1.82, 2.24) is 10.2 Å². The van der Waals surface area contributed by atoms with Crippen LogP contribution in [0.15, 0.2) is 30.0 Å². The lowest BCUT2D eigenvalue weighted by molar-refractivity contribution is -0.115. The van der Waals surface area contributed by atoms with Crippen molar-refractivity contribution < 1.29 is 9.59 Å². The van der Waals surface area contributed by atoms with E-state index in [9.17, 15) is 9.59 Å². The molecule has 0 bridgehead atoms. The van der Waals surface area contributed by atoms with Crippen LogP contribution in [0.25, 0.3) is 6.08 Å². The predicted molar refractivity (Wildman–Crippen MR) is 60.7 cm³/mol. The first-order chi connectivity index (χ1) is 7.58. The highest BCUT2D eigenvalue weighted by Crippen LogP contribution is 2.16. The van der Waals surface area contributed by atoms with Crippen LogP contribution in [0.4, 0.5) is 4.79 Å². The Kier molecular flexibility index (Phi) is 2.66. The van der Waals surface area contributed by atoms with Crippen molar-refractivity contribution in [3.63, 3.8) is 0 Å². The molecule has 1 heterocycles. The number of nitrogens with zero attached hydrogens (tertiary/aromatic N) is 1. The zero-order valence-electron chi connectivity index (χ0n) is 8.53. The van der Waals surface area contributed by atoms with Gasteiger partial charge in [-0.2, -0.15) is 0 Å². The zero-order chi connectivity index (χ0) is 11.7. The Labute approximate surface area is 97.5 Å². The summed E-state index contributed by atoms with van der Waals surface area (Å²) in [6.45, 7) is 0. The van der Waals surface area contributed by atoms with Gasteiger partial charge in [0.05, 0.1) is 0 Å². The molecule has 82 valence electrons. The maximum absolute atomic E-state index is 11.4. The molecule has 1 aliphatic rings. The number of rotatable bonds is 1. The maximum atomic E-state index is 11.4. The number of hydrogen-bond acceptors (Lipinski definition) is 2. The van der Waals surface area contributed by atoms with Gasteiger partial charge in [-0.15, -0.1) is 0 Å². The van der Waals surface area contributed by atoms with Gasteiger partial charge in [0.2, 0.25) is 0 Å². The summed E-state index contributed by atoms with van der Waals surface area (Å²) >= 11 is 5.74. The van der Waals surface area contributed by atoms with Gasteiger partial charge in [-0.25, -0.2) is 4.79 Å². The number of imide groups is 1. The highest BCUT2D eigenvalue weighted by atomic mass is 35.5. The molecule has 1 aromatic carbocycles. The summed E-state index contributed by atoms with van der Waals surface area (Å²) in [5.74, 6) is -0.387. The molecule has 3 amide bonds. The summed E-state index contributed by atoms with van der Waals surface area (Å²) < 4.78 is 0. The van der Waals surface area contributed by atoms with E-state index in [1.54, 1.807) is 37.4 Å². The Morgan fingerprint density at radius 3 is 2.38 bits per heavy atom. The van der Waals surface area contributed by atoms with Crippen molar-refractivity contribution in [2.75, 3.05) is 7.05 Å². The summed E-state index contributed by atoms with van der Waals surface area (Å²) in [7, 11) is 1.54. The SMILES string of the molecule is CN1C(=O)NC(=O)/C1=C\c1ccc(Cl)cc1. The molecule has 1 aromatic rings. The van der Waals surface area contributed by atoms with Gasteiger partial charge in [0.1, 0.15) is 5.70 Å². The highest BCUT2D eigenvalue weighted by Gasteiger charge is 2.29. The fourth-order valence-electron chi connectivity index (χ4n) is 1.39. The predicted octanol–water partition coefficient (Wildman–Crippen LogP) is 1.86. The first-order valence-corrected chi connectivity index (χ1v) is 5.02. The second-order valence-electron chi connectivity index (χ2n) is 3.40. The quantitative estimate of drug-likeness (QED) is 0.598. The lowest BCUT2D eigenvalue weighted by Gasteiger charge is -2.06. The standard InChI is InChI=1S/C11H9ClN2O2/c1-14-9(10(15)13-11(14)16)6-7-2-4-8(12)5-3-7/h2-6H,1H3,(H,13,15,16)/b9-6+. The number of urea groups is 1. The average molecular weight is 237 g/mol. The van der Waals surface area contributed by atoms with Crippen molar-refractivity contribution >= 4 is 29.6 Å². The third kappa shape index (κ3) is 1.92. The van der Waals surface area contributed by atoms with Crippen LogP contribution in [0.5, 0.6) is 0 Å². The summed E-state index contributed by atoms with van der Waals surface area (Å²) in [6.07, 6.45) is 1.64. The highest BCUT2D eigenvalue weighted by molar-refractivity contribution is 6.30. The van der Waals surface area contributed by atoms with E-state index in [-0.39, 0.29) is 5.91 Å². The molecule has 1 fully saturated rings. The Hall–Kier alpha value is -1.81. The third-order valence-electron chi connectivity index (χ3n) is 2.29. The van der Waals surface area contributed by atoms with Crippen LogP contribution in [0.2, 0.25) is 5.02 Å². The third-order valence-corrected chi connectivity index (χ3v) is 2.54. The molecule has 2 rings (SSSR count). The fraction of sp³-hybridized carbons (Fsp3) is 0.0909. The number of hydrogen-bond donors (Lipinski definition) is 1. The fourth-order valence-corrected chi connectivity index (χ4v) is 1.51. The molecule has 0 radical (unpaired) electrons. The van der Waals surface area contributed by atoms with Gasteiger partial charge in [-0.1, -0.05) is 23.7 Å². The van der Waals surface area contributed by atoms with E-state index >= 15 is 0 Å². The van der Waals surface area contributed by atoms with E-state index in [0.29, 0.717) is 10.7 Å².